The van der Waals surface area contributed by atoms with Gasteiger partial charge in [-0.15, -0.1) is 0 Å². The van der Waals surface area contributed by atoms with Crippen molar-refractivity contribution in [3.05, 3.63) is 65.5 Å². The van der Waals surface area contributed by atoms with Crippen LogP contribution < -0.4 is 10.2 Å². The van der Waals surface area contributed by atoms with Gasteiger partial charge in [0.2, 0.25) is 0 Å². The van der Waals surface area contributed by atoms with Crippen molar-refractivity contribution in [1.29, 1.82) is 0 Å². The van der Waals surface area contributed by atoms with Crippen LogP contribution in [0.2, 0.25) is 0 Å². The van der Waals surface area contributed by atoms with Crippen LogP contribution in [0.4, 0.5) is 10.1 Å². The van der Waals surface area contributed by atoms with E-state index in [0.717, 1.165) is 25.3 Å². The van der Waals surface area contributed by atoms with Gasteiger partial charge in [-0.3, -0.25) is 0 Å². The van der Waals surface area contributed by atoms with Crippen molar-refractivity contribution in [3.8, 4) is 0 Å². The highest BCUT2D eigenvalue weighted by atomic mass is 19.1. The van der Waals surface area contributed by atoms with Gasteiger partial charge in [0, 0.05) is 38.3 Å². The molecular weight excluding hydrogens is 251 g/mol. The molecule has 3 rings (SSSR count). The average molecular weight is 270 g/mol. The molecule has 1 unspecified atom stereocenters. The SMILES string of the molecule is CN(CC1CNCc2ccccc21)c1cccc(F)c1. The number of nitrogens with one attached hydrogen (secondary N) is 1. The van der Waals surface area contributed by atoms with Crippen LogP contribution in [-0.4, -0.2) is 20.1 Å². The molecule has 3 heteroatoms. The molecule has 2 aromatic rings. The number of rotatable bonds is 3. The van der Waals surface area contributed by atoms with Gasteiger partial charge in [-0.1, -0.05) is 30.3 Å². The van der Waals surface area contributed by atoms with E-state index in [2.05, 4.69) is 34.5 Å². The molecular formula is C17H19FN2. The summed E-state index contributed by atoms with van der Waals surface area (Å²) in [6.45, 7) is 2.79. The summed E-state index contributed by atoms with van der Waals surface area (Å²) in [6, 6.07) is 15.3. The molecule has 0 spiro atoms. The maximum absolute atomic E-state index is 13.3. The van der Waals surface area contributed by atoms with E-state index < -0.39 is 0 Å². The quantitative estimate of drug-likeness (QED) is 0.921. The Balaban J connectivity index is 1.79. The maximum atomic E-state index is 13.3. The van der Waals surface area contributed by atoms with Crippen molar-refractivity contribution < 1.29 is 4.39 Å². The van der Waals surface area contributed by atoms with Crippen molar-refractivity contribution >= 4 is 5.69 Å². The normalized spacial score (nSPS) is 17.6. The Morgan fingerprint density at radius 2 is 2.05 bits per heavy atom. The molecule has 104 valence electrons. The fraction of sp³-hybridized carbons (Fsp3) is 0.294. The van der Waals surface area contributed by atoms with E-state index in [1.165, 1.54) is 17.2 Å². The first-order valence-electron chi connectivity index (χ1n) is 6.99. The lowest BCUT2D eigenvalue weighted by Gasteiger charge is -2.31. The minimum atomic E-state index is -0.184. The van der Waals surface area contributed by atoms with Gasteiger partial charge in [0.15, 0.2) is 0 Å². The van der Waals surface area contributed by atoms with Crippen molar-refractivity contribution in [3.63, 3.8) is 0 Å². The summed E-state index contributed by atoms with van der Waals surface area (Å²) in [5.74, 6) is 0.254. The number of fused-ring (bicyclic) bond motifs is 1. The van der Waals surface area contributed by atoms with Gasteiger partial charge in [0.05, 0.1) is 0 Å². The molecule has 1 heterocycles. The fourth-order valence-electron chi connectivity index (χ4n) is 2.90. The molecule has 0 saturated carbocycles. The summed E-state index contributed by atoms with van der Waals surface area (Å²) in [7, 11) is 2.02. The molecule has 0 amide bonds. The van der Waals surface area contributed by atoms with Gasteiger partial charge in [-0.05, 0) is 29.3 Å². The fourth-order valence-corrected chi connectivity index (χ4v) is 2.90. The van der Waals surface area contributed by atoms with Crippen molar-refractivity contribution in [2.75, 3.05) is 25.0 Å². The Kier molecular flexibility index (Phi) is 3.70. The maximum Gasteiger partial charge on any atom is 0.125 e. The van der Waals surface area contributed by atoms with Crippen LogP contribution in [0.1, 0.15) is 17.0 Å². The van der Waals surface area contributed by atoms with Crippen molar-refractivity contribution in [2.45, 2.75) is 12.5 Å². The zero-order valence-corrected chi connectivity index (χ0v) is 11.6. The van der Waals surface area contributed by atoms with Crippen LogP contribution >= 0.6 is 0 Å². The Bertz CT molecular complexity index is 597. The molecule has 1 aliphatic heterocycles. The second-order valence-corrected chi connectivity index (χ2v) is 5.39. The summed E-state index contributed by atoms with van der Waals surface area (Å²) in [4.78, 5) is 2.12. The van der Waals surface area contributed by atoms with E-state index in [0.29, 0.717) is 5.92 Å². The monoisotopic (exact) mass is 270 g/mol. The van der Waals surface area contributed by atoms with Gasteiger partial charge >= 0.3 is 0 Å². The third kappa shape index (κ3) is 2.68. The van der Waals surface area contributed by atoms with Gasteiger partial charge in [-0.25, -0.2) is 4.39 Å². The van der Waals surface area contributed by atoms with Crippen LogP contribution in [0.5, 0.6) is 0 Å². The first-order chi connectivity index (χ1) is 9.74. The Labute approximate surface area is 119 Å². The highest BCUT2D eigenvalue weighted by molar-refractivity contribution is 5.46. The Morgan fingerprint density at radius 1 is 1.20 bits per heavy atom. The minimum Gasteiger partial charge on any atom is -0.374 e. The summed E-state index contributed by atoms with van der Waals surface area (Å²) < 4.78 is 13.3. The molecule has 0 radical (unpaired) electrons. The van der Waals surface area contributed by atoms with Gasteiger partial charge < -0.3 is 10.2 Å². The molecule has 0 bridgehead atoms. The second-order valence-electron chi connectivity index (χ2n) is 5.39. The zero-order valence-electron chi connectivity index (χ0n) is 11.6. The highest BCUT2D eigenvalue weighted by Gasteiger charge is 2.20. The first kappa shape index (κ1) is 13.1. The summed E-state index contributed by atoms with van der Waals surface area (Å²) in [5, 5.41) is 3.46. The smallest absolute Gasteiger partial charge is 0.125 e. The third-order valence-electron chi connectivity index (χ3n) is 3.94. The lowest BCUT2D eigenvalue weighted by Crippen LogP contribution is -2.35. The predicted octanol–water partition coefficient (Wildman–Crippen LogP) is 3.15. The number of hydrogen-bond acceptors (Lipinski definition) is 2. The van der Waals surface area contributed by atoms with Gasteiger partial charge in [0.1, 0.15) is 5.82 Å². The number of halogens is 1. The summed E-state index contributed by atoms with van der Waals surface area (Å²) >= 11 is 0. The lowest BCUT2D eigenvalue weighted by molar-refractivity contribution is 0.539. The molecule has 0 saturated heterocycles. The van der Waals surface area contributed by atoms with E-state index in [4.69, 9.17) is 0 Å². The predicted molar refractivity (Wildman–Crippen MR) is 80.6 cm³/mol. The molecule has 1 atom stereocenters. The van der Waals surface area contributed by atoms with Crippen molar-refractivity contribution in [1.82, 2.24) is 5.32 Å². The molecule has 0 aromatic heterocycles. The Morgan fingerprint density at radius 3 is 2.90 bits per heavy atom. The van der Waals surface area contributed by atoms with E-state index >= 15 is 0 Å². The first-order valence-corrected chi connectivity index (χ1v) is 6.99. The van der Waals surface area contributed by atoms with E-state index in [9.17, 15) is 4.39 Å². The number of anilines is 1. The van der Waals surface area contributed by atoms with Crippen LogP contribution in [-0.2, 0) is 6.54 Å². The number of benzene rings is 2. The summed E-state index contributed by atoms with van der Waals surface area (Å²) in [5.41, 5.74) is 3.71. The standard InChI is InChI=1S/C17H19FN2/c1-20(16-7-4-6-15(18)9-16)12-14-11-19-10-13-5-2-3-8-17(13)14/h2-9,14,19H,10-12H2,1H3. The summed E-state index contributed by atoms with van der Waals surface area (Å²) in [6.07, 6.45) is 0. The van der Waals surface area contributed by atoms with E-state index in [1.807, 2.05) is 13.1 Å². The largest absolute Gasteiger partial charge is 0.374 e. The van der Waals surface area contributed by atoms with Crippen LogP contribution in [0.3, 0.4) is 0 Å². The molecule has 20 heavy (non-hydrogen) atoms. The average Bonchev–Trinajstić information content (AvgIpc) is 2.47. The highest BCUT2D eigenvalue weighted by Crippen LogP contribution is 2.26. The van der Waals surface area contributed by atoms with Crippen LogP contribution in [0.25, 0.3) is 0 Å². The van der Waals surface area contributed by atoms with Crippen LogP contribution in [0.15, 0.2) is 48.5 Å². The molecule has 2 aromatic carbocycles. The topological polar surface area (TPSA) is 15.3 Å². The molecule has 0 aliphatic carbocycles. The molecule has 0 fully saturated rings. The molecule has 2 nitrogen and oxygen atoms in total. The lowest BCUT2D eigenvalue weighted by atomic mass is 9.90. The van der Waals surface area contributed by atoms with Gasteiger partial charge in [0.25, 0.3) is 0 Å². The zero-order chi connectivity index (χ0) is 13.9. The minimum absolute atomic E-state index is 0.184. The van der Waals surface area contributed by atoms with E-state index in [1.54, 1.807) is 12.1 Å². The second kappa shape index (κ2) is 5.63. The van der Waals surface area contributed by atoms with E-state index in [-0.39, 0.29) is 5.82 Å². The Hall–Kier alpha value is -1.87. The number of likely N-dealkylation sites (N-methyl/N-ethyl adjacent to an activating group) is 1. The number of nitrogens with zero attached hydrogens (tertiary/aromatic N) is 1. The number of hydrogen-bond donors (Lipinski definition) is 1. The molecule has 1 N–H and O–H groups in total. The van der Waals surface area contributed by atoms with Crippen LogP contribution in [0, 0.1) is 5.82 Å². The van der Waals surface area contributed by atoms with Gasteiger partial charge in [-0.2, -0.15) is 0 Å². The van der Waals surface area contributed by atoms with Crippen molar-refractivity contribution in [2.24, 2.45) is 0 Å². The third-order valence-corrected chi connectivity index (χ3v) is 3.94. The molecule has 1 aliphatic rings.